The molecule has 0 spiro atoms. The van der Waals surface area contributed by atoms with Gasteiger partial charge in [0.1, 0.15) is 0 Å². The summed E-state index contributed by atoms with van der Waals surface area (Å²) in [5, 5.41) is 14.0. The maximum atomic E-state index is 12.5. The number of amides is 1. The molecular weight excluding hydrogens is 244 g/mol. The first-order chi connectivity index (χ1) is 9.16. The number of β-amino-alcohol motifs (C(OH)–C–C–N with tert-alkyl or cyclic N) is 1. The number of nitrogens with zero attached hydrogens (tertiary/aromatic N) is 4. The van der Waals surface area contributed by atoms with Gasteiger partial charge in [-0.2, -0.15) is 5.10 Å². The van der Waals surface area contributed by atoms with E-state index in [4.69, 9.17) is 0 Å². The molecule has 0 bridgehead atoms. The molecule has 2 unspecified atom stereocenters. The molecule has 0 aromatic carbocycles. The molecule has 100 valence electrons. The van der Waals surface area contributed by atoms with Crippen LogP contribution in [0.4, 0.5) is 0 Å². The van der Waals surface area contributed by atoms with E-state index in [9.17, 15) is 9.90 Å². The lowest BCUT2D eigenvalue weighted by molar-refractivity contribution is 0.0250. The van der Waals surface area contributed by atoms with Gasteiger partial charge in [-0.15, -0.1) is 0 Å². The molecule has 2 atom stereocenters. The minimum atomic E-state index is -0.447. The molecule has 1 saturated heterocycles. The van der Waals surface area contributed by atoms with Gasteiger partial charge in [0.25, 0.3) is 5.91 Å². The number of hydrogen-bond donors (Lipinski definition) is 1. The first-order valence-electron chi connectivity index (χ1n) is 6.41. The quantitative estimate of drug-likeness (QED) is 0.814. The maximum absolute atomic E-state index is 12.5. The SMILES string of the molecule is CC1CCN(C(=O)c2cnn3ccncc23)CC1O. The average molecular weight is 260 g/mol. The van der Waals surface area contributed by atoms with Crippen LogP contribution in [0.5, 0.6) is 0 Å². The minimum Gasteiger partial charge on any atom is -0.391 e. The van der Waals surface area contributed by atoms with Gasteiger partial charge in [-0.25, -0.2) is 4.52 Å². The standard InChI is InChI=1S/C13H16N4O2/c1-9-2-4-16(8-12(9)18)13(19)10-6-15-17-5-3-14-7-11(10)17/h3,5-7,9,12,18H,2,4,8H2,1H3. The lowest BCUT2D eigenvalue weighted by Gasteiger charge is -2.34. The normalized spacial score (nSPS) is 23.8. The monoisotopic (exact) mass is 260 g/mol. The fourth-order valence-corrected chi connectivity index (χ4v) is 2.40. The molecule has 0 saturated carbocycles. The van der Waals surface area contributed by atoms with E-state index in [1.807, 2.05) is 6.92 Å². The molecule has 3 heterocycles. The van der Waals surface area contributed by atoms with E-state index >= 15 is 0 Å². The fourth-order valence-electron chi connectivity index (χ4n) is 2.40. The third kappa shape index (κ3) is 2.08. The van der Waals surface area contributed by atoms with Gasteiger partial charge in [0.05, 0.1) is 29.6 Å². The first-order valence-corrected chi connectivity index (χ1v) is 6.41. The third-order valence-electron chi connectivity index (χ3n) is 3.76. The Kier molecular flexibility index (Phi) is 2.94. The van der Waals surface area contributed by atoms with Gasteiger partial charge < -0.3 is 10.0 Å². The summed E-state index contributed by atoms with van der Waals surface area (Å²) < 4.78 is 1.63. The molecule has 1 N–H and O–H groups in total. The Morgan fingerprint density at radius 3 is 3.11 bits per heavy atom. The van der Waals surface area contributed by atoms with Gasteiger partial charge in [-0.3, -0.25) is 9.78 Å². The number of hydrogen-bond acceptors (Lipinski definition) is 4. The molecule has 3 rings (SSSR count). The zero-order chi connectivity index (χ0) is 13.4. The van der Waals surface area contributed by atoms with Gasteiger partial charge in [0.2, 0.25) is 0 Å². The van der Waals surface area contributed by atoms with Crippen molar-refractivity contribution in [2.24, 2.45) is 5.92 Å². The van der Waals surface area contributed by atoms with E-state index in [1.165, 1.54) is 0 Å². The largest absolute Gasteiger partial charge is 0.391 e. The number of carbonyl (C=O) groups excluding carboxylic acids is 1. The van der Waals surface area contributed by atoms with Crippen molar-refractivity contribution in [2.45, 2.75) is 19.4 Å². The molecule has 19 heavy (non-hydrogen) atoms. The van der Waals surface area contributed by atoms with Crippen LogP contribution in [0.25, 0.3) is 5.52 Å². The summed E-state index contributed by atoms with van der Waals surface area (Å²) in [5.74, 6) is 0.156. The second-order valence-electron chi connectivity index (χ2n) is 5.05. The zero-order valence-corrected chi connectivity index (χ0v) is 10.7. The highest BCUT2D eigenvalue weighted by atomic mass is 16.3. The maximum Gasteiger partial charge on any atom is 0.257 e. The molecule has 1 aliphatic rings. The van der Waals surface area contributed by atoms with Crippen LogP contribution >= 0.6 is 0 Å². The Morgan fingerprint density at radius 1 is 1.47 bits per heavy atom. The number of piperidine rings is 1. The summed E-state index contributed by atoms with van der Waals surface area (Å²) in [7, 11) is 0. The van der Waals surface area contributed by atoms with Crippen molar-refractivity contribution >= 4 is 11.4 Å². The molecule has 6 nitrogen and oxygen atoms in total. The molecule has 2 aromatic heterocycles. The van der Waals surface area contributed by atoms with Crippen LogP contribution in [-0.4, -0.2) is 49.7 Å². The Hall–Kier alpha value is -1.95. The van der Waals surface area contributed by atoms with Crippen molar-refractivity contribution in [3.05, 3.63) is 30.4 Å². The number of fused-ring (bicyclic) bond motifs is 1. The molecule has 1 aliphatic heterocycles. The topological polar surface area (TPSA) is 70.7 Å². The number of aliphatic hydroxyl groups is 1. The molecule has 2 aromatic rings. The Bertz CT molecular complexity index is 609. The number of likely N-dealkylation sites (tertiary alicyclic amines) is 1. The van der Waals surface area contributed by atoms with Crippen molar-refractivity contribution in [2.75, 3.05) is 13.1 Å². The summed E-state index contributed by atoms with van der Waals surface area (Å²) in [6.45, 7) is 3.07. The summed E-state index contributed by atoms with van der Waals surface area (Å²) in [5.41, 5.74) is 1.23. The summed E-state index contributed by atoms with van der Waals surface area (Å²) in [6, 6.07) is 0. The highest BCUT2D eigenvalue weighted by Crippen LogP contribution is 2.20. The van der Waals surface area contributed by atoms with E-state index in [1.54, 1.807) is 34.2 Å². The van der Waals surface area contributed by atoms with Crippen molar-refractivity contribution in [3.63, 3.8) is 0 Å². The van der Waals surface area contributed by atoms with Crippen molar-refractivity contribution in [1.29, 1.82) is 0 Å². The van der Waals surface area contributed by atoms with Gasteiger partial charge in [-0.1, -0.05) is 6.92 Å². The van der Waals surface area contributed by atoms with E-state index in [-0.39, 0.29) is 11.8 Å². The zero-order valence-electron chi connectivity index (χ0n) is 10.7. The van der Waals surface area contributed by atoms with Crippen molar-refractivity contribution < 1.29 is 9.90 Å². The average Bonchev–Trinajstić information content (AvgIpc) is 2.85. The van der Waals surface area contributed by atoms with E-state index in [2.05, 4.69) is 10.1 Å². The number of rotatable bonds is 1. The van der Waals surface area contributed by atoms with Crippen molar-refractivity contribution in [3.8, 4) is 0 Å². The molecule has 6 heteroatoms. The second kappa shape index (κ2) is 4.62. The highest BCUT2D eigenvalue weighted by molar-refractivity contribution is 6.00. The van der Waals surface area contributed by atoms with Gasteiger partial charge in [-0.05, 0) is 12.3 Å². The third-order valence-corrected chi connectivity index (χ3v) is 3.76. The lowest BCUT2D eigenvalue weighted by atomic mass is 9.95. The van der Waals surface area contributed by atoms with Crippen LogP contribution < -0.4 is 0 Å². The molecule has 0 aliphatic carbocycles. The number of aromatic nitrogens is 3. The Labute approximate surface area is 110 Å². The van der Waals surface area contributed by atoms with Crippen LogP contribution in [0.2, 0.25) is 0 Å². The number of carbonyl (C=O) groups is 1. The molecule has 1 amide bonds. The Morgan fingerprint density at radius 2 is 2.32 bits per heavy atom. The lowest BCUT2D eigenvalue weighted by Crippen LogP contribution is -2.45. The van der Waals surface area contributed by atoms with Crippen molar-refractivity contribution in [1.82, 2.24) is 19.5 Å². The number of aliphatic hydroxyl groups excluding tert-OH is 1. The van der Waals surface area contributed by atoms with E-state index in [0.717, 1.165) is 6.42 Å². The van der Waals surface area contributed by atoms with Gasteiger partial charge in [0.15, 0.2) is 0 Å². The van der Waals surface area contributed by atoms with Gasteiger partial charge >= 0.3 is 0 Å². The van der Waals surface area contributed by atoms with Crippen LogP contribution in [0.3, 0.4) is 0 Å². The van der Waals surface area contributed by atoms with Crippen LogP contribution in [0, 0.1) is 5.92 Å². The molecule has 1 fully saturated rings. The minimum absolute atomic E-state index is 0.0889. The molecule has 0 radical (unpaired) electrons. The first kappa shape index (κ1) is 12.1. The smallest absolute Gasteiger partial charge is 0.257 e. The second-order valence-corrected chi connectivity index (χ2v) is 5.05. The van der Waals surface area contributed by atoms with Gasteiger partial charge in [0, 0.05) is 25.5 Å². The van der Waals surface area contributed by atoms with Crippen LogP contribution in [0.15, 0.2) is 24.8 Å². The van der Waals surface area contributed by atoms with E-state index in [0.29, 0.717) is 24.2 Å². The predicted molar refractivity (Wildman–Crippen MR) is 68.7 cm³/mol. The molecular formula is C13H16N4O2. The predicted octanol–water partition coefficient (Wildman–Crippen LogP) is 0.572. The van der Waals surface area contributed by atoms with E-state index < -0.39 is 6.10 Å². The summed E-state index contributed by atoms with van der Waals surface area (Å²) >= 11 is 0. The van der Waals surface area contributed by atoms with Crippen LogP contribution in [-0.2, 0) is 0 Å². The highest BCUT2D eigenvalue weighted by Gasteiger charge is 2.29. The Balaban J connectivity index is 1.88. The van der Waals surface area contributed by atoms with Crippen LogP contribution in [0.1, 0.15) is 23.7 Å². The summed E-state index contributed by atoms with van der Waals surface area (Å²) in [4.78, 5) is 18.2. The summed E-state index contributed by atoms with van der Waals surface area (Å²) in [6.07, 6.45) is 6.90. The fraction of sp³-hybridized carbons (Fsp3) is 0.462.